The van der Waals surface area contributed by atoms with E-state index in [4.69, 9.17) is 0 Å². The van der Waals surface area contributed by atoms with Crippen molar-refractivity contribution in [3.63, 3.8) is 0 Å². The third-order valence-electron chi connectivity index (χ3n) is 9.52. The van der Waals surface area contributed by atoms with Gasteiger partial charge in [-0.25, -0.2) is 0 Å². The zero-order valence-electron chi connectivity index (χ0n) is 23.9. The van der Waals surface area contributed by atoms with E-state index in [2.05, 4.69) is 0 Å². The minimum Gasteiger partial charge on any atom is -0.510 e. The Morgan fingerprint density at radius 3 is 2.03 bits per heavy atom. The van der Waals surface area contributed by atoms with Crippen LogP contribution in [0.4, 0.5) is 0 Å². The van der Waals surface area contributed by atoms with Gasteiger partial charge in [-0.05, 0) is 98.3 Å². The number of carbonyl (C=O) groups is 3. The Morgan fingerprint density at radius 2 is 1.54 bits per heavy atom. The van der Waals surface area contributed by atoms with Crippen LogP contribution < -0.4 is 0 Å². The van der Waals surface area contributed by atoms with Crippen molar-refractivity contribution < 1.29 is 29.7 Å². The Labute approximate surface area is 221 Å². The molecule has 6 nitrogen and oxygen atoms in total. The zero-order chi connectivity index (χ0) is 28.1. The van der Waals surface area contributed by atoms with E-state index in [-0.39, 0.29) is 37.2 Å². The van der Waals surface area contributed by atoms with Gasteiger partial charge in [-0.2, -0.15) is 0 Å². The van der Waals surface area contributed by atoms with E-state index < -0.39 is 57.0 Å². The van der Waals surface area contributed by atoms with Crippen LogP contribution in [-0.2, 0) is 14.4 Å². The lowest BCUT2D eigenvalue weighted by Gasteiger charge is -2.55. The van der Waals surface area contributed by atoms with Gasteiger partial charge in [0, 0.05) is 5.92 Å². The summed E-state index contributed by atoms with van der Waals surface area (Å²) in [5, 5.41) is 34.8. The van der Waals surface area contributed by atoms with E-state index in [0.717, 1.165) is 11.1 Å². The lowest BCUT2D eigenvalue weighted by molar-refractivity contribution is -0.168. The highest BCUT2D eigenvalue weighted by Gasteiger charge is 2.69. The molecule has 6 atom stereocenters. The van der Waals surface area contributed by atoms with Crippen molar-refractivity contribution in [3.8, 4) is 0 Å². The fraction of sp³-hybridized carbons (Fsp3) is 0.710. The first-order chi connectivity index (χ1) is 17.0. The van der Waals surface area contributed by atoms with Crippen molar-refractivity contribution in [1.29, 1.82) is 0 Å². The SMILES string of the molecule is CC[C@@H](C)C(=O)C1=C(O)[C@@]2(C[C@H]3[C@@H](CC[C@@]3(C)O)[C@@](C)(O)C2)C(=O)C(CC=C(C)C)(CC=C(C)C)C1=O. The lowest BCUT2D eigenvalue weighted by atomic mass is 9.48. The summed E-state index contributed by atoms with van der Waals surface area (Å²) in [6.07, 6.45) is 5.50. The summed E-state index contributed by atoms with van der Waals surface area (Å²) in [6, 6.07) is 0. The number of fused-ring (bicyclic) bond motifs is 1. The molecule has 0 heterocycles. The molecule has 0 radical (unpaired) electrons. The number of rotatable bonds is 7. The molecule has 3 aliphatic carbocycles. The second kappa shape index (κ2) is 9.92. The maximum absolute atomic E-state index is 14.8. The fourth-order valence-corrected chi connectivity index (χ4v) is 7.04. The molecular weight excluding hydrogens is 468 g/mol. The summed E-state index contributed by atoms with van der Waals surface area (Å²) in [6.45, 7) is 14.5. The number of ketones is 3. The van der Waals surface area contributed by atoms with Gasteiger partial charge in [0.2, 0.25) is 0 Å². The van der Waals surface area contributed by atoms with Gasteiger partial charge in [-0.15, -0.1) is 0 Å². The highest BCUT2D eigenvalue weighted by molar-refractivity contribution is 6.31. The molecule has 0 amide bonds. The summed E-state index contributed by atoms with van der Waals surface area (Å²) in [7, 11) is 0. The molecular formula is C31H46O6. The summed E-state index contributed by atoms with van der Waals surface area (Å²) in [5.41, 5.74) is -4.11. The molecule has 2 saturated carbocycles. The van der Waals surface area contributed by atoms with Crippen LogP contribution in [0.5, 0.6) is 0 Å². The molecule has 0 unspecified atom stereocenters. The summed E-state index contributed by atoms with van der Waals surface area (Å²) in [5.74, 6) is -3.25. The molecule has 0 bridgehead atoms. The number of Topliss-reactive ketones (excluding diaryl/α,β-unsaturated/α-hetero) is 3. The van der Waals surface area contributed by atoms with Crippen molar-refractivity contribution in [3.05, 3.63) is 34.6 Å². The average molecular weight is 515 g/mol. The number of carbonyl (C=O) groups excluding carboxylic acids is 3. The van der Waals surface area contributed by atoms with Crippen LogP contribution in [0.25, 0.3) is 0 Å². The quantitative estimate of drug-likeness (QED) is 0.233. The van der Waals surface area contributed by atoms with Gasteiger partial charge >= 0.3 is 0 Å². The van der Waals surface area contributed by atoms with Crippen molar-refractivity contribution in [1.82, 2.24) is 0 Å². The largest absolute Gasteiger partial charge is 0.510 e. The number of aliphatic hydroxyl groups is 3. The van der Waals surface area contributed by atoms with Crippen molar-refractivity contribution in [2.24, 2.45) is 28.6 Å². The standard InChI is InChI=1S/C31H46O6/c1-9-20(6)24(32)23-25(33)30(14-10-18(2)3,15-11-19(4)5)27(35)31(26(23)34)16-22-21(29(8,37)17-31)12-13-28(22,7)36/h10-11,20-22,34,36-37H,9,12-17H2,1-8H3/t20-,21-,22+,28-,29+,31+/m1/s1. The van der Waals surface area contributed by atoms with Crippen LogP contribution >= 0.6 is 0 Å². The van der Waals surface area contributed by atoms with Crippen LogP contribution in [-0.4, -0.2) is 43.9 Å². The van der Waals surface area contributed by atoms with Gasteiger partial charge in [0.15, 0.2) is 17.3 Å². The summed E-state index contributed by atoms with van der Waals surface area (Å²) >= 11 is 0. The zero-order valence-corrected chi connectivity index (χ0v) is 23.9. The van der Waals surface area contributed by atoms with Gasteiger partial charge in [-0.3, -0.25) is 14.4 Å². The third-order valence-corrected chi connectivity index (χ3v) is 9.52. The van der Waals surface area contributed by atoms with Crippen molar-refractivity contribution in [2.75, 3.05) is 0 Å². The number of aliphatic hydroxyl groups excluding tert-OH is 1. The maximum Gasteiger partial charge on any atom is 0.184 e. The molecule has 0 aromatic heterocycles. The van der Waals surface area contributed by atoms with E-state index in [1.54, 1.807) is 20.8 Å². The van der Waals surface area contributed by atoms with E-state index in [1.807, 2.05) is 46.8 Å². The smallest absolute Gasteiger partial charge is 0.184 e. The molecule has 3 rings (SSSR count). The molecule has 0 saturated heterocycles. The topological polar surface area (TPSA) is 112 Å². The Bertz CT molecular complexity index is 1040. The summed E-state index contributed by atoms with van der Waals surface area (Å²) < 4.78 is 0. The minimum atomic E-state index is -1.63. The molecule has 0 aliphatic heterocycles. The van der Waals surface area contributed by atoms with E-state index in [1.165, 1.54) is 0 Å². The average Bonchev–Trinajstić information content (AvgIpc) is 3.11. The second-order valence-corrected chi connectivity index (χ2v) is 13.0. The molecule has 6 heteroatoms. The van der Waals surface area contributed by atoms with Crippen molar-refractivity contribution in [2.45, 2.75) is 112 Å². The first-order valence-electron chi connectivity index (χ1n) is 13.8. The highest BCUT2D eigenvalue weighted by atomic mass is 16.3. The molecule has 1 spiro atoms. The molecule has 37 heavy (non-hydrogen) atoms. The van der Waals surface area contributed by atoms with Crippen LogP contribution in [0.2, 0.25) is 0 Å². The Morgan fingerprint density at radius 1 is 1.00 bits per heavy atom. The number of hydrogen-bond donors (Lipinski definition) is 3. The normalized spacial score (nSPS) is 35.8. The van der Waals surface area contributed by atoms with E-state index in [9.17, 15) is 29.7 Å². The van der Waals surface area contributed by atoms with Gasteiger partial charge in [0.25, 0.3) is 0 Å². The molecule has 3 aliphatic rings. The summed E-state index contributed by atoms with van der Waals surface area (Å²) in [4.78, 5) is 42.7. The monoisotopic (exact) mass is 514 g/mol. The Kier molecular flexibility index (Phi) is 7.91. The van der Waals surface area contributed by atoms with Gasteiger partial charge < -0.3 is 15.3 Å². The molecule has 2 fully saturated rings. The maximum atomic E-state index is 14.8. The first-order valence-corrected chi connectivity index (χ1v) is 13.8. The van der Waals surface area contributed by atoms with E-state index in [0.29, 0.717) is 19.3 Å². The second-order valence-electron chi connectivity index (χ2n) is 13.0. The fourth-order valence-electron chi connectivity index (χ4n) is 7.04. The van der Waals surface area contributed by atoms with Crippen LogP contribution in [0.1, 0.15) is 100 Å². The number of allylic oxidation sites excluding steroid dienone is 6. The molecule has 206 valence electrons. The Hall–Kier alpha value is -2.05. The lowest BCUT2D eigenvalue weighted by Crippen LogP contribution is -2.62. The van der Waals surface area contributed by atoms with Gasteiger partial charge in [0.05, 0.1) is 16.6 Å². The molecule has 0 aromatic carbocycles. The third kappa shape index (κ3) is 4.80. The van der Waals surface area contributed by atoms with E-state index >= 15 is 0 Å². The number of hydrogen-bond acceptors (Lipinski definition) is 6. The first kappa shape index (κ1) is 29.5. The molecule has 3 N–H and O–H groups in total. The molecule has 0 aromatic rings. The van der Waals surface area contributed by atoms with Crippen LogP contribution in [0, 0.1) is 28.6 Å². The highest BCUT2D eigenvalue weighted by Crippen LogP contribution is 2.63. The predicted octanol–water partition coefficient (Wildman–Crippen LogP) is 5.57. The van der Waals surface area contributed by atoms with Gasteiger partial charge in [0.1, 0.15) is 16.7 Å². The van der Waals surface area contributed by atoms with Crippen molar-refractivity contribution >= 4 is 17.3 Å². The van der Waals surface area contributed by atoms with Gasteiger partial charge in [-0.1, -0.05) is 37.1 Å². The van der Waals surface area contributed by atoms with Crippen LogP contribution in [0.15, 0.2) is 34.6 Å². The predicted molar refractivity (Wildman–Crippen MR) is 144 cm³/mol. The minimum absolute atomic E-state index is 0.0854. The Balaban J connectivity index is 2.37. The van der Waals surface area contributed by atoms with Crippen LogP contribution in [0.3, 0.4) is 0 Å².